The zero-order valence-corrected chi connectivity index (χ0v) is 14.1. The van der Waals surface area contributed by atoms with Crippen LogP contribution in [0.3, 0.4) is 0 Å². The third kappa shape index (κ3) is 3.02. The Morgan fingerprint density at radius 2 is 1.76 bits per heavy atom. The van der Waals surface area contributed by atoms with Gasteiger partial charge in [-0.15, -0.1) is 0 Å². The predicted molar refractivity (Wildman–Crippen MR) is 97.8 cm³/mol. The largest absolute Gasteiger partial charge is 0.349 e. The van der Waals surface area contributed by atoms with Crippen molar-refractivity contribution < 1.29 is 9.18 Å². The summed E-state index contributed by atoms with van der Waals surface area (Å²) in [6.45, 7) is 2.00. The van der Waals surface area contributed by atoms with Crippen LogP contribution in [0.25, 0.3) is 10.8 Å². The second kappa shape index (κ2) is 6.32. The Balaban J connectivity index is 1.49. The maximum absolute atomic E-state index is 13.9. The molecule has 0 heterocycles. The SMILES string of the molecule is CC(NC(=O)C1CC1c1ccccc1F)c1cccc2ccccc12. The Morgan fingerprint density at radius 1 is 1.04 bits per heavy atom. The maximum atomic E-state index is 13.9. The number of benzene rings is 3. The summed E-state index contributed by atoms with van der Waals surface area (Å²) in [5.41, 5.74) is 1.76. The van der Waals surface area contributed by atoms with Crippen LogP contribution in [-0.4, -0.2) is 5.91 Å². The lowest BCUT2D eigenvalue weighted by Gasteiger charge is -2.17. The van der Waals surface area contributed by atoms with Crippen molar-refractivity contribution in [3.63, 3.8) is 0 Å². The number of hydrogen-bond donors (Lipinski definition) is 1. The zero-order chi connectivity index (χ0) is 17.4. The first-order valence-electron chi connectivity index (χ1n) is 8.67. The molecule has 1 aliphatic rings. The lowest BCUT2D eigenvalue weighted by molar-refractivity contribution is -0.123. The van der Waals surface area contributed by atoms with Crippen LogP contribution in [-0.2, 0) is 4.79 Å². The first kappa shape index (κ1) is 15.8. The number of carbonyl (C=O) groups is 1. The van der Waals surface area contributed by atoms with Gasteiger partial charge in [0.25, 0.3) is 0 Å². The van der Waals surface area contributed by atoms with E-state index in [0.29, 0.717) is 5.56 Å². The maximum Gasteiger partial charge on any atom is 0.224 e. The van der Waals surface area contributed by atoms with E-state index in [1.54, 1.807) is 12.1 Å². The minimum absolute atomic E-state index is 0.000850. The summed E-state index contributed by atoms with van der Waals surface area (Å²) < 4.78 is 13.9. The van der Waals surface area contributed by atoms with Crippen molar-refractivity contribution in [2.45, 2.75) is 25.3 Å². The van der Waals surface area contributed by atoms with Crippen LogP contribution >= 0.6 is 0 Å². The predicted octanol–water partition coefficient (Wildman–Crippen LogP) is 4.96. The van der Waals surface area contributed by atoms with Crippen molar-refractivity contribution in [2.75, 3.05) is 0 Å². The standard InChI is InChI=1S/C22H20FNO/c1-14(16-11-6-8-15-7-2-3-9-17(15)16)24-22(25)20-13-19(20)18-10-4-5-12-21(18)23/h2-12,14,19-20H,13H2,1H3,(H,24,25). The number of carbonyl (C=O) groups excluding carboxylic acids is 1. The molecule has 126 valence electrons. The van der Waals surface area contributed by atoms with Gasteiger partial charge in [0.2, 0.25) is 5.91 Å². The Kier molecular flexibility index (Phi) is 4.00. The molecule has 3 aromatic rings. The number of rotatable bonds is 4. The molecule has 1 fully saturated rings. The van der Waals surface area contributed by atoms with Gasteiger partial charge >= 0.3 is 0 Å². The molecule has 1 amide bonds. The molecule has 0 saturated heterocycles. The van der Waals surface area contributed by atoms with Crippen molar-refractivity contribution in [3.8, 4) is 0 Å². The molecule has 0 aliphatic heterocycles. The second-order valence-corrected chi connectivity index (χ2v) is 6.77. The van der Waals surface area contributed by atoms with Crippen LogP contribution in [0.4, 0.5) is 4.39 Å². The average molecular weight is 333 g/mol. The molecule has 3 heteroatoms. The molecule has 3 atom stereocenters. The lowest BCUT2D eigenvalue weighted by Crippen LogP contribution is -2.28. The molecule has 1 aliphatic carbocycles. The first-order chi connectivity index (χ1) is 12.1. The van der Waals surface area contributed by atoms with Gasteiger partial charge in [0.15, 0.2) is 0 Å². The van der Waals surface area contributed by atoms with Crippen molar-refractivity contribution >= 4 is 16.7 Å². The van der Waals surface area contributed by atoms with E-state index >= 15 is 0 Å². The Hall–Kier alpha value is -2.68. The Labute approximate surface area is 146 Å². The van der Waals surface area contributed by atoms with E-state index < -0.39 is 0 Å². The van der Waals surface area contributed by atoms with Crippen molar-refractivity contribution in [1.29, 1.82) is 0 Å². The van der Waals surface area contributed by atoms with Gasteiger partial charge in [0.1, 0.15) is 5.82 Å². The Morgan fingerprint density at radius 3 is 2.60 bits per heavy atom. The van der Waals surface area contributed by atoms with Crippen LogP contribution in [0.1, 0.15) is 36.4 Å². The van der Waals surface area contributed by atoms with E-state index in [0.717, 1.165) is 22.8 Å². The quantitative estimate of drug-likeness (QED) is 0.718. The van der Waals surface area contributed by atoms with E-state index in [1.807, 2.05) is 31.2 Å². The molecule has 1 N–H and O–H groups in total. The van der Waals surface area contributed by atoms with E-state index in [4.69, 9.17) is 0 Å². The number of nitrogens with one attached hydrogen (secondary N) is 1. The molecule has 0 radical (unpaired) electrons. The molecule has 3 unspecified atom stereocenters. The summed E-state index contributed by atoms with van der Waals surface area (Å²) in [5.74, 6) is -0.339. The summed E-state index contributed by atoms with van der Waals surface area (Å²) >= 11 is 0. The minimum atomic E-state index is -0.218. The zero-order valence-electron chi connectivity index (χ0n) is 14.1. The molecular formula is C22H20FNO. The van der Waals surface area contributed by atoms with Gasteiger partial charge in [-0.2, -0.15) is 0 Å². The summed E-state index contributed by atoms with van der Waals surface area (Å²) in [6, 6.07) is 21.0. The van der Waals surface area contributed by atoms with E-state index in [2.05, 4.69) is 29.6 Å². The highest BCUT2D eigenvalue weighted by molar-refractivity contribution is 5.88. The van der Waals surface area contributed by atoms with Gasteiger partial charge in [0, 0.05) is 5.92 Å². The highest BCUT2D eigenvalue weighted by atomic mass is 19.1. The van der Waals surface area contributed by atoms with Gasteiger partial charge in [-0.25, -0.2) is 4.39 Å². The fourth-order valence-corrected chi connectivity index (χ4v) is 3.63. The number of fused-ring (bicyclic) bond motifs is 1. The minimum Gasteiger partial charge on any atom is -0.349 e. The molecule has 3 aromatic carbocycles. The van der Waals surface area contributed by atoms with Gasteiger partial charge in [-0.05, 0) is 47.2 Å². The number of hydrogen-bond acceptors (Lipinski definition) is 1. The van der Waals surface area contributed by atoms with Crippen molar-refractivity contribution in [3.05, 3.63) is 83.7 Å². The van der Waals surface area contributed by atoms with Crippen LogP contribution in [0.5, 0.6) is 0 Å². The molecule has 0 aromatic heterocycles. The second-order valence-electron chi connectivity index (χ2n) is 6.77. The normalized spacial score (nSPS) is 20.2. The summed E-state index contributed by atoms with van der Waals surface area (Å²) in [7, 11) is 0. The molecule has 0 bridgehead atoms. The highest BCUT2D eigenvalue weighted by Gasteiger charge is 2.45. The number of amides is 1. The molecule has 0 spiro atoms. The van der Waals surface area contributed by atoms with E-state index in [9.17, 15) is 9.18 Å². The third-order valence-corrected chi connectivity index (χ3v) is 5.08. The van der Waals surface area contributed by atoms with Crippen LogP contribution < -0.4 is 5.32 Å². The highest BCUT2D eigenvalue weighted by Crippen LogP contribution is 2.48. The molecule has 4 rings (SSSR count). The van der Waals surface area contributed by atoms with E-state index in [1.165, 1.54) is 6.07 Å². The summed E-state index contributed by atoms with van der Waals surface area (Å²) in [5, 5.41) is 5.42. The van der Waals surface area contributed by atoms with Crippen LogP contribution in [0, 0.1) is 11.7 Å². The van der Waals surface area contributed by atoms with E-state index in [-0.39, 0.29) is 29.6 Å². The fourth-order valence-electron chi connectivity index (χ4n) is 3.63. The molecule has 25 heavy (non-hydrogen) atoms. The molecule has 1 saturated carbocycles. The summed E-state index contributed by atoms with van der Waals surface area (Å²) in [6.07, 6.45) is 0.717. The lowest BCUT2D eigenvalue weighted by atomic mass is 9.99. The molecule has 2 nitrogen and oxygen atoms in total. The molecular weight excluding hydrogens is 313 g/mol. The topological polar surface area (TPSA) is 29.1 Å². The third-order valence-electron chi connectivity index (χ3n) is 5.08. The van der Waals surface area contributed by atoms with Gasteiger partial charge in [-0.1, -0.05) is 60.7 Å². The van der Waals surface area contributed by atoms with Crippen LogP contribution in [0.15, 0.2) is 66.7 Å². The summed E-state index contributed by atoms with van der Waals surface area (Å²) in [4.78, 5) is 12.6. The monoisotopic (exact) mass is 333 g/mol. The first-order valence-corrected chi connectivity index (χ1v) is 8.67. The van der Waals surface area contributed by atoms with Crippen LogP contribution in [0.2, 0.25) is 0 Å². The smallest absolute Gasteiger partial charge is 0.224 e. The number of halogens is 1. The Bertz CT molecular complexity index is 931. The van der Waals surface area contributed by atoms with Crippen molar-refractivity contribution in [1.82, 2.24) is 5.32 Å². The van der Waals surface area contributed by atoms with Crippen molar-refractivity contribution in [2.24, 2.45) is 5.92 Å². The van der Waals surface area contributed by atoms with Gasteiger partial charge in [-0.3, -0.25) is 4.79 Å². The van der Waals surface area contributed by atoms with Gasteiger partial charge < -0.3 is 5.32 Å². The van der Waals surface area contributed by atoms with Gasteiger partial charge in [0.05, 0.1) is 6.04 Å². The fraction of sp³-hybridized carbons (Fsp3) is 0.227. The average Bonchev–Trinajstić information content (AvgIpc) is 3.42.